The molecule has 0 aromatic heterocycles. The Morgan fingerprint density at radius 2 is 1.76 bits per heavy atom. The zero-order chi connectivity index (χ0) is 12.1. The van der Waals surface area contributed by atoms with Crippen molar-refractivity contribution >= 4 is 15.9 Å². The number of nitrogens with zero attached hydrogens (tertiary/aromatic N) is 1. The van der Waals surface area contributed by atoms with Crippen LogP contribution in [-0.2, 0) is 6.54 Å². The van der Waals surface area contributed by atoms with E-state index in [9.17, 15) is 0 Å². The SMILES string of the molecule is CN(CBr)Cc1ccc(C2CCCCC2)cc1. The van der Waals surface area contributed by atoms with Gasteiger partial charge in [0.1, 0.15) is 0 Å². The van der Waals surface area contributed by atoms with Crippen LogP contribution in [0.3, 0.4) is 0 Å². The molecule has 0 bridgehead atoms. The van der Waals surface area contributed by atoms with Gasteiger partial charge in [-0.15, -0.1) is 0 Å². The Morgan fingerprint density at radius 1 is 1.12 bits per heavy atom. The van der Waals surface area contributed by atoms with E-state index in [1.807, 2.05) is 0 Å². The first-order chi connectivity index (χ1) is 8.29. The van der Waals surface area contributed by atoms with E-state index in [1.165, 1.54) is 37.7 Å². The second kappa shape index (κ2) is 6.55. The summed E-state index contributed by atoms with van der Waals surface area (Å²) in [6.07, 6.45) is 7.05. The topological polar surface area (TPSA) is 3.24 Å². The van der Waals surface area contributed by atoms with Crippen molar-refractivity contribution in [2.45, 2.75) is 44.6 Å². The van der Waals surface area contributed by atoms with Crippen LogP contribution in [0.1, 0.15) is 49.1 Å². The molecule has 2 rings (SSSR count). The second-order valence-corrected chi connectivity index (χ2v) is 5.71. The minimum atomic E-state index is 0.826. The largest absolute Gasteiger partial charge is 0.292 e. The third-order valence-electron chi connectivity index (χ3n) is 3.71. The number of hydrogen-bond acceptors (Lipinski definition) is 1. The van der Waals surface area contributed by atoms with Crippen molar-refractivity contribution < 1.29 is 0 Å². The van der Waals surface area contributed by atoms with Gasteiger partial charge in [0.05, 0.1) is 5.45 Å². The Bertz CT molecular complexity index is 327. The average Bonchev–Trinajstić information content (AvgIpc) is 2.40. The molecule has 1 saturated carbocycles. The molecule has 1 aromatic carbocycles. The zero-order valence-corrected chi connectivity index (χ0v) is 12.2. The Hall–Kier alpha value is -0.340. The molecule has 1 fully saturated rings. The molecule has 0 heterocycles. The predicted molar refractivity (Wildman–Crippen MR) is 77.5 cm³/mol. The molecule has 2 heteroatoms. The van der Waals surface area contributed by atoms with Gasteiger partial charge in [-0.1, -0.05) is 59.5 Å². The lowest BCUT2D eigenvalue weighted by atomic mass is 9.84. The Labute approximate surface area is 113 Å². The summed E-state index contributed by atoms with van der Waals surface area (Å²) in [6, 6.07) is 9.27. The van der Waals surface area contributed by atoms with Gasteiger partial charge in [-0.05, 0) is 36.9 Å². The fraction of sp³-hybridized carbons (Fsp3) is 0.600. The summed E-state index contributed by atoms with van der Waals surface area (Å²) in [4.78, 5) is 2.26. The number of halogens is 1. The summed E-state index contributed by atoms with van der Waals surface area (Å²) in [6.45, 7) is 1.02. The molecule has 0 aliphatic heterocycles. The smallest absolute Gasteiger partial charge is 0.0542 e. The predicted octanol–water partition coefficient (Wildman–Crippen LogP) is 4.52. The highest BCUT2D eigenvalue weighted by atomic mass is 79.9. The van der Waals surface area contributed by atoms with E-state index < -0.39 is 0 Å². The fourth-order valence-electron chi connectivity index (χ4n) is 2.69. The zero-order valence-electron chi connectivity index (χ0n) is 10.7. The van der Waals surface area contributed by atoms with E-state index in [0.29, 0.717) is 0 Å². The Morgan fingerprint density at radius 3 is 2.35 bits per heavy atom. The van der Waals surface area contributed by atoms with Crippen LogP contribution in [0.2, 0.25) is 0 Å². The van der Waals surface area contributed by atoms with Crippen LogP contribution in [0.4, 0.5) is 0 Å². The first kappa shape index (κ1) is 13.1. The number of benzene rings is 1. The molecule has 0 N–H and O–H groups in total. The van der Waals surface area contributed by atoms with Crippen molar-refractivity contribution in [2.75, 3.05) is 12.5 Å². The van der Waals surface area contributed by atoms with Crippen LogP contribution in [0.15, 0.2) is 24.3 Å². The van der Waals surface area contributed by atoms with Gasteiger partial charge in [0.15, 0.2) is 0 Å². The van der Waals surface area contributed by atoms with Crippen molar-refractivity contribution in [3.8, 4) is 0 Å². The molecular weight excluding hydrogens is 274 g/mol. The quantitative estimate of drug-likeness (QED) is 0.583. The van der Waals surface area contributed by atoms with Crippen molar-refractivity contribution in [2.24, 2.45) is 0 Å². The summed E-state index contributed by atoms with van der Waals surface area (Å²) in [5.74, 6) is 0.826. The summed E-state index contributed by atoms with van der Waals surface area (Å²) in [5.41, 5.74) is 3.89. The molecule has 1 aromatic rings. The van der Waals surface area contributed by atoms with E-state index in [4.69, 9.17) is 0 Å². The number of rotatable bonds is 4. The van der Waals surface area contributed by atoms with Gasteiger partial charge in [0, 0.05) is 6.54 Å². The van der Waals surface area contributed by atoms with E-state index in [-0.39, 0.29) is 0 Å². The summed E-state index contributed by atoms with van der Waals surface area (Å²) in [7, 11) is 2.13. The number of hydrogen-bond donors (Lipinski definition) is 0. The molecule has 0 spiro atoms. The van der Waals surface area contributed by atoms with Crippen molar-refractivity contribution in [3.63, 3.8) is 0 Å². The minimum absolute atomic E-state index is 0.826. The van der Waals surface area contributed by atoms with E-state index in [1.54, 1.807) is 5.56 Å². The van der Waals surface area contributed by atoms with Crippen LogP contribution in [0.5, 0.6) is 0 Å². The second-order valence-electron chi connectivity index (χ2n) is 5.21. The summed E-state index contributed by atoms with van der Waals surface area (Å²) >= 11 is 3.48. The summed E-state index contributed by atoms with van der Waals surface area (Å²) < 4.78 is 0. The Kier molecular flexibility index (Phi) is 5.05. The molecule has 1 aliphatic carbocycles. The van der Waals surface area contributed by atoms with Crippen LogP contribution >= 0.6 is 15.9 Å². The highest BCUT2D eigenvalue weighted by Crippen LogP contribution is 2.32. The van der Waals surface area contributed by atoms with Gasteiger partial charge in [-0.3, -0.25) is 4.90 Å². The van der Waals surface area contributed by atoms with Gasteiger partial charge in [0.2, 0.25) is 0 Å². The van der Waals surface area contributed by atoms with Gasteiger partial charge in [-0.25, -0.2) is 0 Å². The van der Waals surface area contributed by atoms with Crippen molar-refractivity contribution in [3.05, 3.63) is 35.4 Å². The van der Waals surface area contributed by atoms with Crippen LogP contribution in [0, 0.1) is 0 Å². The summed E-state index contributed by atoms with van der Waals surface area (Å²) in [5, 5.41) is 0. The first-order valence-electron chi connectivity index (χ1n) is 6.63. The molecule has 0 atom stereocenters. The van der Waals surface area contributed by atoms with Crippen LogP contribution in [-0.4, -0.2) is 17.4 Å². The van der Waals surface area contributed by atoms with Gasteiger partial charge in [0.25, 0.3) is 0 Å². The van der Waals surface area contributed by atoms with Gasteiger partial charge in [-0.2, -0.15) is 0 Å². The van der Waals surface area contributed by atoms with Crippen molar-refractivity contribution in [1.82, 2.24) is 4.90 Å². The molecule has 0 unspecified atom stereocenters. The minimum Gasteiger partial charge on any atom is -0.292 e. The number of alkyl halides is 1. The molecule has 0 amide bonds. The lowest BCUT2D eigenvalue weighted by molar-refractivity contribution is 0.390. The lowest BCUT2D eigenvalue weighted by Crippen LogP contribution is -2.15. The van der Waals surface area contributed by atoms with E-state index in [2.05, 4.69) is 52.1 Å². The van der Waals surface area contributed by atoms with Gasteiger partial charge < -0.3 is 0 Å². The maximum Gasteiger partial charge on any atom is 0.0542 e. The molecule has 1 nitrogen and oxygen atoms in total. The highest BCUT2D eigenvalue weighted by Gasteiger charge is 2.14. The van der Waals surface area contributed by atoms with Crippen molar-refractivity contribution in [1.29, 1.82) is 0 Å². The molecule has 94 valence electrons. The monoisotopic (exact) mass is 295 g/mol. The third kappa shape index (κ3) is 3.82. The van der Waals surface area contributed by atoms with Crippen LogP contribution < -0.4 is 0 Å². The third-order valence-corrected chi connectivity index (χ3v) is 4.57. The van der Waals surface area contributed by atoms with Gasteiger partial charge >= 0.3 is 0 Å². The molecular formula is C15H22BrN. The van der Waals surface area contributed by atoms with E-state index in [0.717, 1.165) is 17.9 Å². The molecule has 17 heavy (non-hydrogen) atoms. The highest BCUT2D eigenvalue weighted by molar-refractivity contribution is 9.09. The molecule has 1 aliphatic rings. The molecule has 0 saturated heterocycles. The normalized spacial score (nSPS) is 17.6. The first-order valence-corrected chi connectivity index (χ1v) is 7.75. The maximum absolute atomic E-state index is 3.48. The standard InChI is InChI=1S/C15H22BrN/c1-17(12-16)11-13-7-9-15(10-8-13)14-5-3-2-4-6-14/h7-10,14H,2-6,11-12H2,1H3. The molecule has 0 radical (unpaired) electrons. The van der Waals surface area contributed by atoms with Crippen LogP contribution in [0.25, 0.3) is 0 Å². The van der Waals surface area contributed by atoms with E-state index >= 15 is 0 Å². The Balaban J connectivity index is 1.97. The fourth-order valence-corrected chi connectivity index (χ4v) is 2.86. The average molecular weight is 296 g/mol. The lowest BCUT2D eigenvalue weighted by Gasteiger charge is -2.22. The maximum atomic E-state index is 3.48.